The van der Waals surface area contributed by atoms with E-state index >= 15 is 0 Å². The van der Waals surface area contributed by atoms with E-state index in [0.29, 0.717) is 0 Å². The van der Waals surface area contributed by atoms with Crippen LogP contribution < -0.4 is 16.0 Å². The van der Waals surface area contributed by atoms with E-state index in [-0.39, 0.29) is 11.8 Å². The van der Waals surface area contributed by atoms with Crippen LogP contribution >= 0.6 is 0 Å². The summed E-state index contributed by atoms with van der Waals surface area (Å²) in [6.07, 6.45) is 2.44. The molecule has 0 saturated heterocycles. The van der Waals surface area contributed by atoms with E-state index in [0.717, 1.165) is 35.9 Å². The Balaban J connectivity index is 2.04. The highest BCUT2D eigenvalue weighted by Crippen LogP contribution is 2.33. The fraction of sp³-hybridized carbons (Fsp3) is 0.357. The lowest BCUT2D eigenvalue weighted by atomic mass is 9.86. The molecule has 2 aromatic rings. The number of benzene rings is 1. The molecule has 1 amide bonds. The number of aryl methyl sites for hydroxylation is 1. The number of hydrazine groups is 1. The second-order valence-electron chi connectivity index (χ2n) is 4.94. The number of amides is 1. The van der Waals surface area contributed by atoms with E-state index in [9.17, 15) is 4.79 Å². The number of aromatic amines is 1. The van der Waals surface area contributed by atoms with Crippen molar-refractivity contribution in [1.82, 2.24) is 10.4 Å². The minimum absolute atomic E-state index is 0.0392. The summed E-state index contributed by atoms with van der Waals surface area (Å²) in [5.74, 6) is 5.94. The average molecular weight is 259 g/mol. The molecule has 5 heteroatoms. The van der Waals surface area contributed by atoms with E-state index in [1.54, 1.807) is 7.11 Å². The van der Waals surface area contributed by atoms with Crippen LogP contribution in [0.4, 0.5) is 0 Å². The molecule has 1 heterocycles. The fourth-order valence-corrected chi connectivity index (χ4v) is 2.86. The van der Waals surface area contributed by atoms with Gasteiger partial charge in [-0.3, -0.25) is 10.2 Å². The van der Waals surface area contributed by atoms with Gasteiger partial charge in [-0.05, 0) is 43.0 Å². The van der Waals surface area contributed by atoms with E-state index in [1.165, 1.54) is 11.3 Å². The second kappa shape index (κ2) is 4.59. The van der Waals surface area contributed by atoms with E-state index in [1.807, 2.05) is 18.2 Å². The summed E-state index contributed by atoms with van der Waals surface area (Å²) in [7, 11) is 1.66. The third-order valence-corrected chi connectivity index (χ3v) is 3.91. The molecule has 1 atom stereocenters. The lowest BCUT2D eigenvalue weighted by molar-refractivity contribution is -0.125. The Kier molecular flexibility index (Phi) is 2.91. The van der Waals surface area contributed by atoms with Crippen LogP contribution in [0.3, 0.4) is 0 Å². The van der Waals surface area contributed by atoms with Crippen LogP contribution in [0.15, 0.2) is 18.2 Å². The average Bonchev–Trinajstić information content (AvgIpc) is 2.83. The highest BCUT2D eigenvalue weighted by atomic mass is 16.5. The number of carbonyl (C=O) groups excluding carboxylic acids is 1. The number of hydrogen-bond donors (Lipinski definition) is 3. The molecule has 1 aromatic carbocycles. The van der Waals surface area contributed by atoms with Crippen molar-refractivity contribution in [1.29, 1.82) is 0 Å². The van der Waals surface area contributed by atoms with E-state index in [4.69, 9.17) is 10.6 Å². The minimum atomic E-state index is -0.0807. The summed E-state index contributed by atoms with van der Waals surface area (Å²) in [6.45, 7) is 0. The SMILES string of the molecule is COc1ccc2[nH]c3c(c2c1)CC(C(=O)NN)CC3. The maximum Gasteiger partial charge on any atom is 0.237 e. The molecule has 3 rings (SSSR count). The molecule has 19 heavy (non-hydrogen) atoms. The van der Waals surface area contributed by atoms with Crippen molar-refractivity contribution < 1.29 is 9.53 Å². The molecule has 1 aliphatic carbocycles. The van der Waals surface area contributed by atoms with Gasteiger partial charge in [0.15, 0.2) is 0 Å². The van der Waals surface area contributed by atoms with Gasteiger partial charge in [-0.2, -0.15) is 0 Å². The van der Waals surface area contributed by atoms with E-state index in [2.05, 4.69) is 10.4 Å². The maximum absolute atomic E-state index is 11.7. The molecule has 0 bridgehead atoms. The Morgan fingerprint density at radius 3 is 3.11 bits per heavy atom. The van der Waals surface area contributed by atoms with Crippen LogP contribution in [0.25, 0.3) is 10.9 Å². The van der Waals surface area contributed by atoms with Gasteiger partial charge in [0, 0.05) is 22.5 Å². The van der Waals surface area contributed by atoms with Crippen LogP contribution in [-0.2, 0) is 17.6 Å². The summed E-state index contributed by atoms with van der Waals surface area (Å²) in [5.41, 5.74) is 5.79. The van der Waals surface area contributed by atoms with Gasteiger partial charge in [-0.25, -0.2) is 5.84 Å². The molecule has 0 fully saturated rings. The third-order valence-electron chi connectivity index (χ3n) is 3.91. The topological polar surface area (TPSA) is 80.1 Å². The van der Waals surface area contributed by atoms with E-state index < -0.39 is 0 Å². The quantitative estimate of drug-likeness (QED) is 0.431. The van der Waals surface area contributed by atoms with Crippen LogP contribution in [0, 0.1) is 5.92 Å². The third kappa shape index (κ3) is 1.96. The molecule has 0 aliphatic heterocycles. The van der Waals surface area contributed by atoms with Gasteiger partial charge in [0.25, 0.3) is 0 Å². The monoisotopic (exact) mass is 259 g/mol. The molecule has 5 nitrogen and oxygen atoms in total. The van der Waals surface area contributed by atoms with Gasteiger partial charge in [0.2, 0.25) is 5.91 Å². The zero-order valence-corrected chi connectivity index (χ0v) is 10.8. The van der Waals surface area contributed by atoms with Crippen molar-refractivity contribution >= 4 is 16.8 Å². The van der Waals surface area contributed by atoms with Crippen LogP contribution in [0.1, 0.15) is 17.7 Å². The van der Waals surface area contributed by atoms with Crippen molar-refractivity contribution in [3.63, 3.8) is 0 Å². The summed E-state index contributed by atoms with van der Waals surface area (Å²) in [6, 6.07) is 5.98. The number of methoxy groups -OCH3 is 1. The molecular formula is C14H17N3O2. The van der Waals surface area contributed by atoms with Crippen LogP contribution in [0.2, 0.25) is 0 Å². The van der Waals surface area contributed by atoms with Crippen molar-refractivity contribution in [3.05, 3.63) is 29.5 Å². The first-order valence-electron chi connectivity index (χ1n) is 6.41. The van der Waals surface area contributed by atoms with Crippen molar-refractivity contribution in [2.45, 2.75) is 19.3 Å². The predicted octanol–water partition coefficient (Wildman–Crippen LogP) is 1.27. The number of nitrogens with two attached hydrogens (primary N) is 1. The van der Waals surface area contributed by atoms with Gasteiger partial charge >= 0.3 is 0 Å². The minimum Gasteiger partial charge on any atom is -0.497 e. The predicted molar refractivity (Wildman–Crippen MR) is 72.7 cm³/mol. The second-order valence-corrected chi connectivity index (χ2v) is 4.94. The molecule has 0 radical (unpaired) electrons. The first-order valence-corrected chi connectivity index (χ1v) is 6.41. The molecule has 4 N–H and O–H groups in total. The molecule has 1 aliphatic rings. The molecule has 0 spiro atoms. The largest absolute Gasteiger partial charge is 0.497 e. The Morgan fingerprint density at radius 1 is 1.53 bits per heavy atom. The van der Waals surface area contributed by atoms with Gasteiger partial charge in [-0.15, -0.1) is 0 Å². The smallest absolute Gasteiger partial charge is 0.237 e. The normalized spacial score (nSPS) is 18.1. The Hall–Kier alpha value is -2.01. The Labute approximate surface area is 111 Å². The Morgan fingerprint density at radius 2 is 2.37 bits per heavy atom. The van der Waals surface area contributed by atoms with Crippen LogP contribution in [-0.4, -0.2) is 18.0 Å². The van der Waals surface area contributed by atoms with Crippen molar-refractivity contribution in [2.24, 2.45) is 11.8 Å². The zero-order valence-electron chi connectivity index (χ0n) is 10.8. The number of nitrogens with one attached hydrogen (secondary N) is 2. The number of rotatable bonds is 2. The highest BCUT2D eigenvalue weighted by molar-refractivity contribution is 5.88. The summed E-state index contributed by atoms with van der Waals surface area (Å²) in [4.78, 5) is 15.1. The summed E-state index contributed by atoms with van der Waals surface area (Å²) >= 11 is 0. The number of carbonyl (C=O) groups is 1. The number of ether oxygens (including phenoxy) is 1. The van der Waals surface area contributed by atoms with Crippen LogP contribution in [0.5, 0.6) is 5.75 Å². The molecule has 100 valence electrons. The standard InChI is InChI=1S/C14H17N3O2/c1-19-9-3-5-13-11(7-9)10-6-8(14(18)17-15)2-4-12(10)16-13/h3,5,7-8,16H,2,4,6,15H2,1H3,(H,17,18). The van der Waals surface area contributed by atoms with Gasteiger partial charge in [0.05, 0.1) is 7.11 Å². The van der Waals surface area contributed by atoms with Crippen molar-refractivity contribution in [3.8, 4) is 5.75 Å². The fourth-order valence-electron chi connectivity index (χ4n) is 2.86. The van der Waals surface area contributed by atoms with Gasteiger partial charge < -0.3 is 9.72 Å². The van der Waals surface area contributed by atoms with Gasteiger partial charge in [-0.1, -0.05) is 0 Å². The molecule has 1 unspecified atom stereocenters. The number of aromatic nitrogens is 1. The summed E-state index contributed by atoms with van der Waals surface area (Å²) in [5, 5.41) is 1.14. The number of hydrogen-bond acceptors (Lipinski definition) is 3. The lowest BCUT2D eigenvalue weighted by Crippen LogP contribution is -2.38. The zero-order chi connectivity index (χ0) is 13.4. The molecule has 0 saturated carbocycles. The number of fused-ring (bicyclic) bond motifs is 3. The first-order chi connectivity index (χ1) is 9.22. The lowest BCUT2D eigenvalue weighted by Gasteiger charge is -2.20. The maximum atomic E-state index is 11.7. The molecular weight excluding hydrogens is 242 g/mol. The highest BCUT2D eigenvalue weighted by Gasteiger charge is 2.26. The van der Waals surface area contributed by atoms with Crippen molar-refractivity contribution in [2.75, 3.05) is 7.11 Å². The van der Waals surface area contributed by atoms with Gasteiger partial charge in [0.1, 0.15) is 5.75 Å². The first kappa shape index (κ1) is 12.0. The Bertz CT molecular complexity index is 633. The number of H-pyrrole nitrogens is 1. The summed E-state index contributed by atoms with van der Waals surface area (Å²) < 4.78 is 5.26. The molecule has 1 aromatic heterocycles.